The average Bonchev–Trinajstić information content (AvgIpc) is 2.46. The van der Waals surface area contributed by atoms with Gasteiger partial charge >= 0.3 is 7.60 Å². The minimum absolute atomic E-state index is 0.0887. The molecule has 0 spiro atoms. The van der Waals surface area contributed by atoms with Crippen molar-refractivity contribution in [1.82, 2.24) is 0 Å². The summed E-state index contributed by atoms with van der Waals surface area (Å²) in [5.41, 5.74) is -0.295. The molecule has 0 saturated carbocycles. The number of phenolic OH excluding ortho intramolecular Hbond substituents is 2. The van der Waals surface area contributed by atoms with E-state index < -0.39 is 35.9 Å². The van der Waals surface area contributed by atoms with Crippen LogP contribution in [0.15, 0.2) is 42.5 Å². The second kappa shape index (κ2) is 6.55. The lowest BCUT2D eigenvalue weighted by Gasteiger charge is -2.33. The first kappa shape index (κ1) is 18.4. The Bertz CT molecular complexity index is 782. The molecule has 1 unspecified atom stereocenters. The van der Waals surface area contributed by atoms with Gasteiger partial charge in [-0.1, -0.05) is 25.1 Å². The van der Waals surface area contributed by atoms with Gasteiger partial charge in [0.05, 0.1) is 10.9 Å². The Balaban J connectivity index is 2.67. The first-order valence-corrected chi connectivity index (χ1v) is 8.82. The van der Waals surface area contributed by atoms with E-state index in [4.69, 9.17) is 0 Å². The van der Waals surface area contributed by atoms with E-state index in [1.807, 2.05) is 0 Å². The van der Waals surface area contributed by atoms with Gasteiger partial charge in [-0.2, -0.15) is 0 Å². The second-order valence-electron chi connectivity index (χ2n) is 5.50. The van der Waals surface area contributed by atoms with E-state index in [1.165, 1.54) is 24.3 Å². The number of phenols is 2. The summed E-state index contributed by atoms with van der Waals surface area (Å²) >= 11 is 0. The van der Waals surface area contributed by atoms with Gasteiger partial charge in [-0.05, 0) is 36.2 Å². The molecule has 0 fully saturated rings. The third-order valence-corrected chi connectivity index (χ3v) is 4.87. The van der Waals surface area contributed by atoms with Gasteiger partial charge in [0.15, 0.2) is 0 Å². The van der Waals surface area contributed by atoms with Crippen LogP contribution in [0.5, 0.6) is 11.5 Å². The molecule has 0 aliphatic heterocycles. The largest absolute Gasteiger partial charge is 0.508 e. The van der Waals surface area contributed by atoms with Crippen molar-refractivity contribution in [3.63, 3.8) is 0 Å². The maximum Gasteiger partial charge on any atom is 0.356 e. The quantitative estimate of drug-likeness (QED) is 0.351. The van der Waals surface area contributed by atoms with Crippen molar-refractivity contribution >= 4 is 12.9 Å². The van der Waals surface area contributed by atoms with Crippen LogP contribution < -0.4 is 5.30 Å². The van der Waals surface area contributed by atoms with E-state index in [0.717, 1.165) is 12.1 Å². The van der Waals surface area contributed by atoms with Crippen molar-refractivity contribution in [2.24, 2.45) is 0 Å². The zero-order valence-corrected chi connectivity index (χ0v) is 13.8. The minimum Gasteiger partial charge on any atom is -0.508 e. The molecule has 0 saturated heterocycles. The van der Waals surface area contributed by atoms with Crippen molar-refractivity contribution in [1.29, 1.82) is 0 Å². The fourth-order valence-corrected chi connectivity index (χ4v) is 3.67. The highest BCUT2D eigenvalue weighted by atomic mass is 31.2. The molecule has 0 amide bonds. The maximum absolute atomic E-state index is 11.7. The van der Waals surface area contributed by atoms with Crippen LogP contribution in [0.2, 0.25) is 0 Å². The number of hydrogen-bond acceptors (Lipinski definition) is 5. The number of benzene rings is 2. The lowest BCUT2D eigenvalue weighted by atomic mass is 9.83. The summed E-state index contributed by atoms with van der Waals surface area (Å²) in [5, 5.41) is 40.3. The predicted octanol–water partition coefficient (Wildman–Crippen LogP) is 1.23. The Morgan fingerprint density at radius 1 is 1.08 bits per heavy atom. The summed E-state index contributed by atoms with van der Waals surface area (Å²) in [6, 6.07) is 9.15. The predicted molar refractivity (Wildman–Crippen MR) is 87.0 cm³/mol. The first-order valence-electron chi connectivity index (χ1n) is 7.21. The van der Waals surface area contributed by atoms with Crippen LogP contribution >= 0.6 is 7.60 Å². The van der Waals surface area contributed by atoms with Crippen LogP contribution in [0.25, 0.3) is 0 Å². The molecule has 2 rings (SSSR count). The highest BCUT2D eigenvalue weighted by molar-refractivity contribution is 7.60. The molecular formula is C16H19O7P. The van der Waals surface area contributed by atoms with Crippen LogP contribution in [0.4, 0.5) is 0 Å². The normalized spacial score (nSPS) is 13.7. The Morgan fingerprint density at radius 3 is 2.25 bits per heavy atom. The Labute approximate surface area is 138 Å². The van der Waals surface area contributed by atoms with Crippen molar-refractivity contribution in [2.75, 3.05) is 0 Å². The van der Waals surface area contributed by atoms with Crippen LogP contribution in [-0.4, -0.2) is 30.2 Å². The summed E-state index contributed by atoms with van der Waals surface area (Å²) in [5.74, 6) is -4.53. The summed E-state index contributed by atoms with van der Waals surface area (Å²) in [6.45, 7) is 1.65. The molecule has 0 aliphatic rings. The molecular weight excluding hydrogens is 335 g/mol. The van der Waals surface area contributed by atoms with Gasteiger partial charge in [0.2, 0.25) is 5.79 Å². The summed E-state index contributed by atoms with van der Waals surface area (Å²) in [7, 11) is -4.86. The number of aromatic hydroxyl groups is 2. The zero-order valence-electron chi connectivity index (χ0n) is 12.9. The molecule has 1 atom stereocenters. The molecule has 130 valence electrons. The number of aliphatic hydroxyl groups is 2. The molecule has 2 aromatic carbocycles. The molecule has 7 nitrogen and oxygen atoms in total. The van der Waals surface area contributed by atoms with E-state index in [0.29, 0.717) is 5.56 Å². The average molecular weight is 354 g/mol. The highest BCUT2D eigenvalue weighted by Crippen LogP contribution is 2.45. The number of hydrogen-bond donors (Lipinski definition) is 6. The highest BCUT2D eigenvalue weighted by Gasteiger charge is 2.43. The van der Waals surface area contributed by atoms with Crippen LogP contribution in [0, 0.1) is 0 Å². The fourth-order valence-electron chi connectivity index (χ4n) is 2.82. The fraction of sp³-hybridized carbons (Fsp3) is 0.250. The molecule has 0 bridgehead atoms. The number of rotatable bonds is 5. The van der Waals surface area contributed by atoms with Crippen LogP contribution in [0.3, 0.4) is 0 Å². The van der Waals surface area contributed by atoms with Gasteiger partial charge in [-0.15, -0.1) is 0 Å². The van der Waals surface area contributed by atoms with Gasteiger partial charge in [0.1, 0.15) is 11.5 Å². The van der Waals surface area contributed by atoms with Gasteiger partial charge < -0.3 is 30.2 Å². The van der Waals surface area contributed by atoms with Crippen LogP contribution in [-0.2, 0) is 10.4 Å². The second-order valence-corrected chi connectivity index (χ2v) is 7.07. The molecule has 24 heavy (non-hydrogen) atoms. The van der Waals surface area contributed by atoms with Gasteiger partial charge in [-0.3, -0.25) is 4.57 Å². The smallest absolute Gasteiger partial charge is 0.356 e. The zero-order chi connectivity index (χ0) is 18.1. The first-order chi connectivity index (χ1) is 11.1. The lowest BCUT2D eigenvalue weighted by Crippen LogP contribution is -2.37. The van der Waals surface area contributed by atoms with E-state index in [9.17, 15) is 34.8 Å². The summed E-state index contributed by atoms with van der Waals surface area (Å²) in [6.07, 6.45) is 0.172. The van der Waals surface area contributed by atoms with Crippen molar-refractivity contribution in [3.05, 3.63) is 53.6 Å². The Morgan fingerprint density at radius 2 is 1.71 bits per heavy atom. The van der Waals surface area contributed by atoms with Crippen molar-refractivity contribution < 1.29 is 34.8 Å². The van der Waals surface area contributed by atoms with Gasteiger partial charge in [0.25, 0.3) is 0 Å². The lowest BCUT2D eigenvalue weighted by molar-refractivity contribution is -0.189. The topological polar surface area (TPSA) is 138 Å². The van der Waals surface area contributed by atoms with E-state index >= 15 is 0 Å². The minimum atomic E-state index is -4.86. The SMILES string of the molecule is CCC(c1cccc(O)c1)C(O)(O)c1c(O)cccc1P(=O)(O)O. The monoisotopic (exact) mass is 354 g/mol. The molecule has 2 aromatic rings. The molecule has 0 aliphatic carbocycles. The van der Waals surface area contributed by atoms with Gasteiger partial charge in [-0.25, -0.2) is 0 Å². The maximum atomic E-state index is 11.7. The Hall–Kier alpha value is -1.89. The molecule has 0 heterocycles. The van der Waals surface area contributed by atoms with Crippen molar-refractivity contribution in [3.8, 4) is 11.5 Å². The van der Waals surface area contributed by atoms with E-state index in [-0.39, 0.29) is 12.2 Å². The van der Waals surface area contributed by atoms with Gasteiger partial charge in [0, 0.05) is 5.92 Å². The molecule has 6 N–H and O–H groups in total. The molecule has 0 aromatic heterocycles. The van der Waals surface area contributed by atoms with E-state index in [1.54, 1.807) is 13.0 Å². The third kappa shape index (κ3) is 3.45. The molecule has 0 radical (unpaired) electrons. The van der Waals surface area contributed by atoms with Crippen molar-refractivity contribution in [2.45, 2.75) is 25.0 Å². The van der Waals surface area contributed by atoms with E-state index in [2.05, 4.69) is 0 Å². The summed E-state index contributed by atoms with van der Waals surface area (Å²) < 4.78 is 11.7. The Kier molecular flexibility index (Phi) is 5.03. The third-order valence-electron chi connectivity index (χ3n) is 3.87. The van der Waals surface area contributed by atoms with Crippen LogP contribution in [0.1, 0.15) is 30.4 Å². The standard InChI is InChI=1S/C16H19O7P/c1-2-12(10-5-3-6-11(17)9-10)16(19,20)15-13(18)7-4-8-14(15)24(21,22)23/h3-9,12,17-20H,2H2,1H3,(H2,21,22,23). The molecule has 8 heteroatoms. The summed E-state index contributed by atoms with van der Waals surface area (Å²) in [4.78, 5) is 18.9.